The minimum absolute atomic E-state index is 0.0135. The molecule has 1 aromatic carbocycles. The lowest BCUT2D eigenvalue weighted by Gasteiger charge is -2.11. The smallest absolute Gasteiger partial charge is 0.333 e. The number of nitriles is 1. The molecule has 0 heterocycles. The summed E-state index contributed by atoms with van der Waals surface area (Å²) < 4.78 is 60.9. The van der Waals surface area contributed by atoms with Crippen LogP contribution in [-0.2, 0) is 20.5 Å². The van der Waals surface area contributed by atoms with E-state index >= 15 is 0 Å². The van der Waals surface area contributed by atoms with Crippen LogP contribution < -0.4 is 19.3 Å². The summed E-state index contributed by atoms with van der Waals surface area (Å²) in [5.74, 6) is 0.210. The van der Waals surface area contributed by atoms with Gasteiger partial charge in [0.1, 0.15) is 17.4 Å². The van der Waals surface area contributed by atoms with Crippen molar-refractivity contribution in [3.05, 3.63) is 23.8 Å². The topological polar surface area (TPSA) is 172 Å². The molecule has 0 bridgehead atoms. The third-order valence-corrected chi connectivity index (χ3v) is 3.83. The van der Waals surface area contributed by atoms with Gasteiger partial charge in [-0.25, -0.2) is 5.14 Å². The van der Waals surface area contributed by atoms with E-state index in [9.17, 15) is 16.8 Å². The number of hydrogen-bond donors (Lipinski definition) is 4. The first-order chi connectivity index (χ1) is 11.1. The first-order valence-corrected chi connectivity index (χ1v) is 9.79. The molecule has 0 aromatic heterocycles. The van der Waals surface area contributed by atoms with Gasteiger partial charge in [-0.3, -0.25) is 9.27 Å². The summed E-state index contributed by atoms with van der Waals surface area (Å²) in [7, 11) is -8.18. The lowest BCUT2D eigenvalue weighted by molar-refractivity contribution is 0.304. The van der Waals surface area contributed by atoms with Gasteiger partial charge in [0, 0.05) is 6.54 Å². The summed E-state index contributed by atoms with van der Waals surface area (Å²) in [5, 5.41) is 14.0. The number of anilines is 1. The standard InChI is InChI=1S/C12H18N4O6S2/c13-9-10-11(16-23(14,17)18)5-4-6-12(10)22-8-3-1-2-7-15-24(19,20)21/h4-6,15-16H,1-3,7-8H2,(H2,14,17,18)(H,19,20,21). The number of rotatable bonds is 10. The lowest BCUT2D eigenvalue weighted by Crippen LogP contribution is -2.23. The molecule has 0 aliphatic rings. The number of nitrogens with one attached hydrogen (secondary N) is 2. The van der Waals surface area contributed by atoms with E-state index in [1.54, 1.807) is 0 Å². The van der Waals surface area contributed by atoms with Crippen LogP contribution in [0, 0.1) is 11.3 Å². The summed E-state index contributed by atoms with van der Waals surface area (Å²) >= 11 is 0. The summed E-state index contributed by atoms with van der Waals surface area (Å²) in [4.78, 5) is 0. The quantitative estimate of drug-likeness (QED) is 0.330. The highest BCUT2D eigenvalue weighted by Gasteiger charge is 2.12. The third-order valence-electron chi connectivity index (χ3n) is 2.75. The molecule has 12 heteroatoms. The molecular weight excluding hydrogens is 360 g/mol. The van der Waals surface area contributed by atoms with E-state index in [4.69, 9.17) is 19.7 Å². The molecule has 0 atom stereocenters. The van der Waals surface area contributed by atoms with Gasteiger partial charge in [0.2, 0.25) is 0 Å². The Labute approximate surface area is 140 Å². The lowest BCUT2D eigenvalue weighted by atomic mass is 10.2. The van der Waals surface area contributed by atoms with Gasteiger partial charge in [0.05, 0.1) is 12.3 Å². The van der Waals surface area contributed by atoms with E-state index in [0.717, 1.165) is 0 Å². The molecule has 0 saturated heterocycles. The van der Waals surface area contributed by atoms with Crippen molar-refractivity contribution in [3.63, 3.8) is 0 Å². The van der Waals surface area contributed by atoms with Gasteiger partial charge in [0.15, 0.2) is 0 Å². The van der Waals surface area contributed by atoms with Crippen LogP contribution in [0.3, 0.4) is 0 Å². The van der Waals surface area contributed by atoms with E-state index in [1.165, 1.54) is 18.2 Å². The number of nitrogens with zero attached hydrogens (tertiary/aromatic N) is 1. The van der Waals surface area contributed by atoms with Crippen LogP contribution in [0.1, 0.15) is 24.8 Å². The molecule has 5 N–H and O–H groups in total. The number of nitrogens with two attached hydrogens (primary N) is 1. The van der Waals surface area contributed by atoms with Gasteiger partial charge in [-0.2, -0.15) is 26.8 Å². The Bertz CT molecular complexity index is 801. The minimum Gasteiger partial charge on any atom is -0.492 e. The van der Waals surface area contributed by atoms with Gasteiger partial charge in [-0.1, -0.05) is 6.07 Å². The second-order valence-electron chi connectivity index (χ2n) is 4.72. The van der Waals surface area contributed by atoms with Crippen LogP contribution in [0.4, 0.5) is 5.69 Å². The minimum atomic E-state index is -4.17. The molecule has 0 radical (unpaired) electrons. The van der Waals surface area contributed by atoms with Crippen molar-refractivity contribution in [2.24, 2.45) is 5.14 Å². The molecule has 0 aliphatic carbocycles. The van der Waals surface area contributed by atoms with Gasteiger partial charge in [-0.05, 0) is 31.4 Å². The first kappa shape index (κ1) is 20.1. The van der Waals surface area contributed by atoms with Gasteiger partial charge >= 0.3 is 10.3 Å². The normalized spacial score (nSPS) is 11.7. The average Bonchev–Trinajstić information content (AvgIpc) is 2.43. The fourth-order valence-electron chi connectivity index (χ4n) is 1.79. The van der Waals surface area contributed by atoms with Crippen molar-refractivity contribution < 1.29 is 26.1 Å². The van der Waals surface area contributed by atoms with Gasteiger partial charge < -0.3 is 4.74 Å². The van der Waals surface area contributed by atoms with Crippen molar-refractivity contribution in [2.75, 3.05) is 17.9 Å². The van der Waals surface area contributed by atoms with Crippen LogP contribution in [0.2, 0.25) is 0 Å². The van der Waals surface area contributed by atoms with Crippen molar-refractivity contribution in [2.45, 2.75) is 19.3 Å². The zero-order chi connectivity index (χ0) is 18.2. The highest BCUT2D eigenvalue weighted by atomic mass is 32.2. The Hall–Kier alpha value is -1.91. The monoisotopic (exact) mass is 378 g/mol. The molecule has 10 nitrogen and oxygen atoms in total. The predicted octanol–water partition coefficient (Wildman–Crippen LogP) is 0.115. The predicted molar refractivity (Wildman–Crippen MR) is 86.8 cm³/mol. The summed E-state index contributed by atoms with van der Waals surface area (Å²) in [6, 6.07) is 6.27. The van der Waals surface area contributed by atoms with E-state index in [-0.39, 0.29) is 30.2 Å². The number of unbranched alkanes of at least 4 members (excludes halogenated alkanes) is 2. The molecule has 0 spiro atoms. The third kappa shape index (κ3) is 8.09. The molecule has 134 valence electrons. The Kier molecular flexibility index (Phi) is 7.39. The van der Waals surface area contributed by atoms with Crippen molar-refractivity contribution in [3.8, 4) is 11.8 Å². The van der Waals surface area contributed by atoms with Gasteiger partial charge in [-0.15, -0.1) is 0 Å². The second kappa shape index (κ2) is 8.81. The number of benzene rings is 1. The molecule has 0 amide bonds. The largest absolute Gasteiger partial charge is 0.492 e. The van der Waals surface area contributed by atoms with Crippen LogP contribution in [-0.4, -0.2) is 34.5 Å². The summed E-state index contributed by atoms with van der Waals surface area (Å²) in [6.07, 6.45) is 1.70. The zero-order valence-corrected chi connectivity index (χ0v) is 14.2. The molecule has 0 unspecified atom stereocenters. The van der Waals surface area contributed by atoms with E-state index in [0.29, 0.717) is 19.3 Å². The molecule has 24 heavy (non-hydrogen) atoms. The molecule has 0 aliphatic heterocycles. The molecular formula is C12H18N4O6S2. The Balaban J connectivity index is 2.51. The summed E-state index contributed by atoms with van der Waals surface area (Å²) in [6.45, 7) is 0.357. The fraction of sp³-hybridized carbons (Fsp3) is 0.417. The number of hydrogen-bond acceptors (Lipinski definition) is 6. The molecule has 0 saturated carbocycles. The van der Waals surface area contributed by atoms with Gasteiger partial charge in [0.25, 0.3) is 10.2 Å². The Morgan fingerprint density at radius 3 is 2.50 bits per heavy atom. The second-order valence-corrected chi connectivity index (χ2v) is 7.25. The van der Waals surface area contributed by atoms with E-state index < -0.39 is 20.5 Å². The maximum atomic E-state index is 11.1. The first-order valence-electron chi connectivity index (χ1n) is 6.81. The maximum Gasteiger partial charge on any atom is 0.333 e. The fourth-order valence-corrected chi connectivity index (χ4v) is 2.67. The zero-order valence-electron chi connectivity index (χ0n) is 12.6. The van der Waals surface area contributed by atoms with Crippen LogP contribution in [0.15, 0.2) is 18.2 Å². The molecule has 1 aromatic rings. The highest BCUT2D eigenvalue weighted by Crippen LogP contribution is 2.26. The van der Waals surface area contributed by atoms with Crippen LogP contribution >= 0.6 is 0 Å². The van der Waals surface area contributed by atoms with E-state index in [2.05, 4.69) is 0 Å². The molecule has 1 rings (SSSR count). The Morgan fingerprint density at radius 1 is 1.21 bits per heavy atom. The van der Waals surface area contributed by atoms with Crippen molar-refractivity contribution in [1.29, 1.82) is 5.26 Å². The Morgan fingerprint density at radius 2 is 1.92 bits per heavy atom. The number of ether oxygens (including phenoxy) is 1. The van der Waals surface area contributed by atoms with Crippen molar-refractivity contribution >= 4 is 26.2 Å². The molecule has 0 fully saturated rings. The van der Waals surface area contributed by atoms with Crippen LogP contribution in [0.25, 0.3) is 0 Å². The summed E-state index contributed by atoms with van der Waals surface area (Å²) in [5.41, 5.74) is 0.0365. The average molecular weight is 378 g/mol. The maximum absolute atomic E-state index is 11.1. The SMILES string of the molecule is N#Cc1c(NS(N)(=O)=O)cccc1OCCCCCNS(=O)(=O)O. The van der Waals surface area contributed by atoms with Crippen molar-refractivity contribution in [1.82, 2.24) is 4.72 Å². The van der Waals surface area contributed by atoms with Crippen LogP contribution in [0.5, 0.6) is 5.75 Å². The van der Waals surface area contributed by atoms with E-state index in [1.807, 2.05) is 15.5 Å². The highest BCUT2D eigenvalue weighted by molar-refractivity contribution is 7.90.